The van der Waals surface area contributed by atoms with Crippen molar-refractivity contribution < 1.29 is 26.3 Å². The molecule has 1 atom stereocenters. The molecule has 2 aromatic heterocycles. The molecule has 1 aliphatic heterocycles. The minimum Gasteiger partial charge on any atom is -0.260 e. The molecule has 2 aromatic rings. The number of nitrogens with zero attached hydrogens (tertiary/aromatic N) is 5. The first-order valence-corrected chi connectivity index (χ1v) is 7.39. The van der Waals surface area contributed by atoms with E-state index in [0.717, 1.165) is 0 Å². The normalized spacial score (nSPS) is 16.6. The number of alkyl halides is 6. The minimum atomic E-state index is -4.76. The van der Waals surface area contributed by atoms with Gasteiger partial charge in [-0.25, -0.2) is 9.97 Å². The summed E-state index contributed by atoms with van der Waals surface area (Å²) < 4.78 is 75.3. The van der Waals surface area contributed by atoms with Crippen molar-refractivity contribution in [2.24, 2.45) is 4.99 Å². The maximum Gasteiger partial charge on any atom is 0.453 e. The Kier molecular flexibility index (Phi) is 5.67. The number of aromatic nitrogens is 6. The van der Waals surface area contributed by atoms with Crippen molar-refractivity contribution >= 4 is 5.71 Å². The van der Waals surface area contributed by atoms with Crippen LogP contribution in [0.1, 0.15) is 43.2 Å². The predicted octanol–water partition coefficient (Wildman–Crippen LogP) is 3.09. The minimum absolute atomic E-state index is 0.126. The maximum atomic E-state index is 12.6. The van der Waals surface area contributed by atoms with Crippen molar-refractivity contribution in [3.8, 4) is 11.8 Å². The zero-order valence-corrected chi connectivity index (χ0v) is 13.7. The summed E-state index contributed by atoms with van der Waals surface area (Å²) in [7, 11) is 0. The standard InChI is InChI=1S/C12H5F6N7.C2H6/c13-11(14,15)9-20-7(22-24-9)5-3-1-2-4-6(19-5)8-21-10(25-23-8)12(16,17)18;1-2/h1,3,6H,(H,20,22,24)(H,21,23,25);1-2H3. The largest absolute Gasteiger partial charge is 0.453 e. The average Bonchev–Trinajstić information content (AvgIpc) is 3.22. The first-order valence-electron chi connectivity index (χ1n) is 7.39. The van der Waals surface area contributed by atoms with Crippen LogP contribution < -0.4 is 0 Å². The van der Waals surface area contributed by atoms with Crippen LogP contribution in [0.15, 0.2) is 17.1 Å². The van der Waals surface area contributed by atoms with Gasteiger partial charge in [0.25, 0.3) is 5.82 Å². The number of nitrogens with one attached hydrogen (secondary N) is 2. The van der Waals surface area contributed by atoms with Gasteiger partial charge in [0, 0.05) is 0 Å². The molecule has 13 heteroatoms. The highest BCUT2D eigenvalue weighted by atomic mass is 19.4. The van der Waals surface area contributed by atoms with E-state index in [-0.39, 0.29) is 11.5 Å². The average molecular weight is 391 g/mol. The maximum absolute atomic E-state index is 12.6. The van der Waals surface area contributed by atoms with Crippen LogP contribution in [-0.2, 0) is 12.4 Å². The van der Waals surface area contributed by atoms with E-state index in [4.69, 9.17) is 0 Å². The summed E-state index contributed by atoms with van der Waals surface area (Å²) in [5.41, 5.74) is -0.126. The molecular formula is C14H11F6N7. The topological polar surface area (TPSA) is 95.5 Å². The molecular weight excluding hydrogens is 380 g/mol. The summed E-state index contributed by atoms with van der Waals surface area (Å²) in [6, 6.07) is -1.21. The predicted molar refractivity (Wildman–Crippen MR) is 80.3 cm³/mol. The second-order valence-electron chi connectivity index (χ2n) is 4.59. The van der Waals surface area contributed by atoms with Crippen molar-refractivity contribution in [2.75, 3.05) is 0 Å². The molecule has 1 aliphatic rings. The molecule has 144 valence electrons. The van der Waals surface area contributed by atoms with Crippen molar-refractivity contribution in [2.45, 2.75) is 32.2 Å². The van der Waals surface area contributed by atoms with Gasteiger partial charge in [0.1, 0.15) is 5.71 Å². The van der Waals surface area contributed by atoms with E-state index >= 15 is 0 Å². The van der Waals surface area contributed by atoms with Gasteiger partial charge in [-0.15, -0.1) is 5.10 Å². The first-order chi connectivity index (χ1) is 12.6. The van der Waals surface area contributed by atoms with Crippen LogP contribution in [0.4, 0.5) is 26.3 Å². The molecule has 0 aliphatic carbocycles. The highest BCUT2D eigenvalue weighted by Gasteiger charge is 2.37. The highest BCUT2D eigenvalue weighted by Crippen LogP contribution is 2.28. The smallest absolute Gasteiger partial charge is 0.260 e. The monoisotopic (exact) mass is 391 g/mol. The molecule has 0 saturated heterocycles. The Bertz CT molecular complexity index is 907. The summed E-state index contributed by atoms with van der Waals surface area (Å²) in [5, 5.41) is 10.2. The highest BCUT2D eigenvalue weighted by molar-refractivity contribution is 6.06. The zero-order chi connectivity index (χ0) is 20.2. The lowest BCUT2D eigenvalue weighted by atomic mass is 10.3. The summed E-state index contributed by atoms with van der Waals surface area (Å²) in [6.45, 7) is 4.00. The molecule has 2 N–H and O–H groups in total. The van der Waals surface area contributed by atoms with E-state index in [1.807, 2.05) is 13.8 Å². The molecule has 7 nitrogen and oxygen atoms in total. The van der Waals surface area contributed by atoms with Crippen LogP contribution in [-0.4, -0.2) is 36.1 Å². The molecule has 0 bridgehead atoms. The molecule has 27 heavy (non-hydrogen) atoms. The zero-order valence-electron chi connectivity index (χ0n) is 13.7. The fraction of sp³-hybridized carbons (Fsp3) is 0.357. The number of hydrogen-bond donors (Lipinski definition) is 2. The fourth-order valence-corrected chi connectivity index (χ4v) is 1.75. The van der Waals surface area contributed by atoms with Crippen molar-refractivity contribution in [1.29, 1.82) is 0 Å². The van der Waals surface area contributed by atoms with Crippen molar-refractivity contribution in [1.82, 2.24) is 30.4 Å². The Morgan fingerprint density at radius 2 is 1.67 bits per heavy atom. The summed E-state index contributed by atoms with van der Waals surface area (Å²) >= 11 is 0. The molecule has 0 radical (unpaired) electrons. The molecule has 0 spiro atoms. The van der Waals surface area contributed by atoms with Gasteiger partial charge in [0.05, 0.1) is 0 Å². The number of H-pyrrole nitrogens is 2. The first kappa shape index (κ1) is 20.1. The number of aliphatic imine (C=N–C) groups is 1. The van der Waals surface area contributed by atoms with Gasteiger partial charge in [0.2, 0.25) is 5.82 Å². The lowest BCUT2D eigenvalue weighted by Crippen LogP contribution is -2.09. The van der Waals surface area contributed by atoms with Crippen molar-refractivity contribution in [3.63, 3.8) is 0 Å². The van der Waals surface area contributed by atoms with Crippen LogP contribution in [0.3, 0.4) is 0 Å². The second-order valence-corrected chi connectivity index (χ2v) is 4.59. The Hall–Kier alpha value is -3.17. The third-order valence-corrected chi connectivity index (χ3v) is 2.81. The van der Waals surface area contributed by atoms with Gasteiger partial charge in [0.15, 0.2) is 17.7 Å². The number of aromatic amines is 2. The van der Waals surface area contributed by atoms with E-state index in [2.05, 4.69) is 42.1 Å². The molecule has 0 aromatic carbocycles. The van der Waals surface area contributed by atoms with Crippen LogP contribution in [0.2, 0.25) is 0 Å². The van der Waals surface area contributed by atoms with Gasteiger partial charge in [-0.2, -0.15) is 31.4 Å². The molecule has 0 fully saturated rings. The van der Waals surface area contributed by atoms with E-state index in [9.17, 15) is 26.3 Å². The van der Waals surface area contributed by atoms with Crippen LogP contribution in [0, 0.1) is 11.8 Å². The molecule has 3 heterocycles. The van der Waals surface area contributed by atoms with Gasteiger partial charge >= 0.3 is 12.4 Å². The van der Waals surface area contributed by atoms with Gasteiger partial charge in [-0.1, -0.05) is 25.7 Å². The van der Waals surface area contributed by atoms with Crippen LogP contribution in [0.25, 0.3) is 0 Å². The van der Waals surface area contributed by atoms with Crippen LogP contribution in [0.5, 0.6) is 0 Å². The van der Waals surface area contributed by atoms with E-state index in [0.29, 0.717) is 0 Å². The lowest BCUT2D eigenvalue weighted by Gasteiger charge is -2.02. The van der Waals surface area contributed by atoms with E-state index in [1.165, 1.54) is 12.2 Å². The summed E-state index contributed by atoms with van der Waals surface area (Å²) in [6.07, 6.45) is -7.01. The number of halogens is 6. The Labute approximate surface area is 148 Å². The number of hydrogen-bond acceptors (Lipinski definition) is 5. The lowest BCUT2D eigenvalue weighted by molar-refractivity contribution is -0.145. The Morgan fingerprint density at radius 1 is 0.963 bits per heavy atom. The van der Waals surface area contributed by atoms with Crippen molar-refractivity contribution in [3.05, 3.63) is 35.4 Å². The van der Waals surface area contributed by atoms with Gasteiger partial charge in [-0.3, -0.25) is 15.2 Å². The summed E-state index contributed by atoms with van der Waals surface area (Å²) in [5.74, 6) is 1.52. The quantitative estimate of drug-likeness (QED) is 0.608. The van der Waals surface area contributed by atoms with Gasteiger partial charge < -0.3 is 0 Å². The van der Waals surface area contributed by atoms with Gasteiger partial charge in [-0.05, 0) is 12.2 Å². The van der Waals surface area contributed by atoms with E-state index in [1.54, 1.807) is 5.10 Å². The number of rotatable bonds is 2. The third-order valence-electron chi connectivity index (χ3n) is 2.81. The Balaban J connectivity index is 0.00000126. The summed E-state index contributed by atoms with van der Waals surface area (Å²) in [4.78, 5) is 10.5. The van der Waals surface area contributed by atoms with E-state index < -0.39 is 35.9 Å². The SMILES string of the molecule is CC.FC(F)(F)c1n[nH]c(C2C#CC=CC(c3n[nH]c(C(F)(F)F)n3)=N2)n1. The molecule has 3 rings (SSSR count). The molecule has 1 unspecified atom stereocenters. The third kappa shape index (κ3) is 4.72. The number of allylic oxidation sites excluding steroid dienone is 2. The second kappa shape index (κ2) is 7.60. The van der Waals surface area contributed by atoms with Crippen LogP contribution >= 0.6 is 0 Å². The molecule has 0 saturated carbocycles. The fourth-order valence-electron chi connectivity index (χ4n) is 1.75. The molecule has 0 amide bonds. The Morgan fingerprint density at radius 3 is 2.22 bits per heavy atom.